The van der Waals surface area contributed by atoms with Gasteiger partial charge in [-0.05, 0) is 19.2 Å². The monoisotopic (exact) mass is 439 g/mol. The van der Waals surface area contributed by atoms with Crippen LogP contribution in [0.3, 0.4) is 0 Å². The largest absolute Gasteiger partial charge is 0.417 e. The van der Waals surface area contributed by atoms with Crippen LogP contribution >= 0.6 is 24.8 Å². The zero-order valence-corrected chi connectivity index (χ0v) is 16.4. The van der Waals surface area contributed by atoms with Gasteiger partial charge >= 0.3 is 6.18 Å². The number of aryl methyl sites for hydroxylation is 1. The highest BCUT2D eigenvalue weighted by Gasteiger charge is 2.31. The van der Waals surface area contributed by atoms with Crippen LogP contribution < -0.4 is 10.6 Å². The van der Waals surface area contributed by atoms with Crippen LogP contribution in [-0.4, -0.2) is 37.3 Å². The van der Waals surface area contributed by atoms with Crippen LogP contribution in [0.15, 0.2) is 30.7 Å². The number of carbonyl (C=O) groups excluding carboxylic acids is 1. The van der Waals surface area contributed by atoms with Gasteiger partial charge in [0.25, 0.3) is 0 Å². The molecule has 0 aliphatic heterocycles. The zero-order valence-electron chi connectivity index (χ0n) is 14.8. The number of alkyl halides is 3. The Morgan fingerprint density at radius 1 is 1.21 bits per heavy atom. The number of rotatable bonds is 5. The van der Waals surface area contributed by atoms with E-state index in [1.54, 1.807) is 31.2 Å². The fraction of sp³-hybridized carbons (Fsp3) is 0.333. The molecular weight excluding hydrogens is 422 g/mol. The first-order valence-corrected chi connectivity index (χ1v) is 7.64. The molecule has 3 rings (SSSR count). The number of hydrogen-bond acceptors (Lipinski definition) is 5. The van der Waals surface area contributed by atoms with Gasteiger partial charge in [-0.2, -0.15) is 18.3 Å². The molecule has 1 unspecified atom stereocenters. The summed E-state index contributed by atoms with van der Waals surface area (Å²) >= 11 is 0. The first-order chi connectivity index (χ1) is 12.3. The highest BCUT2D eigenvalue weighted by atomic mass is 35.5. The van der Waals surface area contributed by atoms with Gasteiger partial charge in [0.1, 0.15) is 6.04 Å². The molecule has 0 saturated carbocycles. The third-order valence-electron chi connectivity index (χ3n) is 3.83. The lowest BCUT2D eigenvalue weighted by Gasteiger charge is -2.14. The van der Waals surface area contributed by atoms with E-state index < -0.39 is 17.8 Å². The Bertz CT molecular complexity index is 941. The van der Waals surface area contributed by atoms with Crippen molar-refractivity contribution in [3.8, 4) is 0 Å². The van der Waals surface area contributed by atoms with Crippen LogP contribution in [0.2, 0.25) is 0 Å². The highest BCUT2D eigenvalue weighted by molar-refractivity contribution is 5.85. The Labute approximate surface area is 170 Å². The quantitative estimate of drug-likeness (QED) is 0.633. The van der Waals surface area contributed by atoms with Gasteiger partial charge < -0.3 is 10.6 Å². The molecule has 0 spiro atoms. The summed E-state index contributed by atoms with van der Waals surface area (Å²) in [5, 5.41) is 17.2. The molecule has 3 aromatic rings. The van der Waals surface area contributed by atoms with Crippen LogP contribution in [0.5, 0.6) is 0 Å². The van der Waals surface area contributed by atoms with E-state index in [2.05, 4.69) is 25.9 Å². The van der Waals surface area contributed by atoms with Crippen molar-refractivity contribution >= 4 is 36.4 Å². The van der Waals surface area contributed by atoms with E-state index in [9.17, 15) is 18.0 Å². The van der Waals surface area contributed by atoms with Gasteiger partial charge in [0, 0.05) is 25.0 Å². The lowest BCUT2D eigenvalue weighted by Crippen LogP contribution is -2.35. The topological polar surface area (TPSA) is 89.1 Å². The third kappa shape index (κ3) is 4.91. The van der Waals surface area contributed by atoms with Gasteiger partial charge in [0.2, 0.25) is 5.91 Å². The second-order valence-corrected chi connectivity index (χ2v) is 5.65. The summed E-state index contributed by atoms with van der Waals surface area (Å²) in [5.74, 6) is -0.162. The van der Waals surface area contributed by atoms with E-state index in [1.807, 2.05) is 0 Å². The van der Waals surface area contributed by atoms with Crippen LogP contribution in [0.4, 0.5) is 13.2 Å². The molecule has 0 fully saturated rings. The molecule has 8 nitrogen and oxygen atoms in total. The van der Waals surface area contributed by atoms with Crippen molar-refractivity contribution in [2.24, 2.45) is 7.05 Å². The molecule has 3 aromatic heterocycles. The normalized spacial score (nSPS) is 12.2. The number of aromatic nitrogens is 5. The number of nitrogens with zero attached hydrogens (tertiary/aromatic N) is 5. The smallest absolute Gasteiger partial charge is 0.347 e. The molecule has 0 aliphatic carbocycles. The molecule has 2 N–H and O–H groups in total. The van der Waals surface area contributed by atoms with Crippen LogP contribution in [0.1, 0.15) is 23.0 Å². The second-order valence-electron chi connectivity index (χ2n) is 5.65. The lowest BCUT2D eigenvalue weighted by molar-refractivity contribution is -0.137. The second kappa shape index (κ2) is 9.22. The van der Waals surface area contributed by atoms with E-state index in [1.165, 1.54) is 10.5 Å². The maximum atomic E-state index is 12.9. The molecule has 1 atom stereocenters. The summed E-state index contributed by atoms with van der Waals surface area (Å²) in [6.07, 6.45) is -0.310. The van der Waals surface area contributed by atoms with Crippen LogP contribution in [0.25, 0.3) is 5.65 Å². The van der Waals surface area contributed by atoms with Gasteiger partial charge in [-0.1, -0.05) is 0 Å². The molecule has 28 heavy (non-hydrogen) atoms. The number of amides is 1. The van der Waals surface area contributed by atoms with E-state index in [0.29, 0.717) is 5.56 Å². The number of hydrogen-bond donors (Lipinski definition) is 2. The highest BCUT2D eigenvalue weighted by Crippen LogP contribution is 2.29. The lowest BCUT2D eigenvalue weighted by atomic mass is 10.1. The summed E-state index contributed by atoms with van der Waals surface area (Å²) in [4.78, 5) is 12.4. The molecule has 0 radical (unpaired) electrons. The number of pyridine rings is 1. The SMILES string of the molecule is CNC(C(=O)NCc1nnc2ccc(C(F)(F)F)cn12)c1cnn(C)c1.Cl.Cl. The van der Waals surface area contributed by atoms with Crippen molar-refractivity contribution in [3.05, 3.63) is 47.7 Å². The van der Waals surface area contributed by atoms with E-state index >= 15 is 0 Å². The summed E-state index contributed by atoms with van der Waals surface area (Å²) in [5.41, 5.74) is 0.110. The maximum Gasteiger partial charge on any atom is 0.417 e. The molecule has 0 aromatic carbocycles. The van der Waals surface area contributed by atoms with Gasteiger partial charge in [0.05, 0.1) is 18.3 Å². The Morgan fingerprint density at radius 2 is 1.93 bits per heavy atom. The van der Waals surface area contributed by atoms with E-state index in [-0.39, 0.29) is 48.7 Å². The van der Waals surface area contributed by atoms with Crippen molar-refractivity contribution in [1.82, 2.24) is 35.0 Å². The number of likely N-dealkylation sites (N-methyl/N-ethyl adjacent to an activating group) is 1. The average molecular weight is 440 g/mol. The first kappa shape index (κ1) is 23.7. The summed E-state index contributed by atoms with van der Waals surface area (Å²) < 4.78 is 41.4. The Balaban J connectivity index is 0.00000196. The third-order valence-corrected chi connectivity index (χ3v) is 3.83. The fourth-order valence-corrected chi connectivity index (χ4v) is 2.53. The van der Waals surface area contributed by atoms with Gasteiger partial charge in [-0.3, -0.25) is 13.9 Å². The molecule has 0 bridgehead atoms. The maximum absolute atomic E-state index is 12.9. The molecule has 13 heteroatoms. The van der Waals surface area contributed by atoms with Gasteiger partial charge in [0.15, 0.2) is 11.5 Å². The van der Waals surface area contributed by atoms with Crippen molar-refractivity contribution in [3.63, 3.8) is 0 Å². The van der Waals surface area contributed by atoms with Crippen LogP contribution in [0, 0.1) is 0 Å². The Morgan fingerprint density at radius 3 is 2.50 bits per heavy atom. The number of carbonyl (C=O) groups is 1. The standard InChI is InChI=1S/C15H16F3N7O.2ClH/c1-19-13(9-5-21-24(2)7-9)14(26)20-6-12-23-22-11-4-3-10(8-25(11)12)15(16,17)18;;/h3-5,7-8,13,19H,6H2,1-2H3,(H,20,26);2*1H. The van der Waals surface area contributed by atoms with Crippen molar-refractivity contribution in [2.45, 2.75) is 18.8 Å². The summed E-state index contributed by atoms with van der Waals surface area (Å²) in [7, 11) is 3.36. The van der Waals surface area contributed by atoms with Crippen molar-refractivity contribution in [1.29, 1.82) is 0 Å². The summed E-state index contributed by atoms with van der Waals surface area (Å²) in [6.45, 7) is -0.0697. The summed E-state index contributed by atoms with van der Waals surface area (Å²) in [6, 6.07) is 1.52. The molecule has 3 heterocycles. The number of halogens is 5. The molecule has 154 valence electrons. The minimum atomic E-state index is -4.48. The Kier molecular flexibility index (Phi) is 7.79. The average Bonchev–Trinajstić information content (AvgIpc) is 3.18. The number of fused-ring (bicyclic) bond motifs is 1. The van der Waals surface area contributed by atoms with Crippen molar-refractivity contribution in [2.75, 3.05) is 7.05 Å². The van der Waals surface area contributed by atoms with Gasteiger partial charge in [-0.25, -0.2) is 0 Å². The van der Waals surface area contributed by atoms with Gasteiger partial charge in [-0.15, -0.1) is 35.0 Å². The first-order valence-electron chi connectivity index (χ1n) is 7.64. The molecule has 1 amide bonds. The van der Waals surface area contributed by atoms with E-state index in [4.69, 9.17) is 0 Å². The number of nitrogens with one attached hydrogen (secondary N) is 2. The molecule has 0 saturated heterocycles. The Hall–Kier alpha value is -2.37. The predicted molar refractivity (Wildman–Crippen MR) is 99.3 cm³/mol. The van der Waals surface area contributed by atoms with Crippen LogP contribution in [-0.2, 0) is 24.6 Å². The molecular formula is C15H18Cl2F3N7O. The zero-order chi connectivity index (χ0) is 18.9. The minimum Gasteiger partial charge on any atom is -0.347 e. The van der Waals surface area contributed by atoms with E-state index in [0.717, 1.165) is 12.3 Å². The minimum absolute atomic E-state index is 0. The molecule has 0 aliphatic rings. The fourth-order valence-electron chi connectivity index (χ4n) is 2.53. The van der Waals surface area contributed by atoms with Crippen molar-refractivity contribution < 1.29 is 18.0 Å². The predicted octanol–water partition coefficient (Wildman–Crippen LogP) is 1.90.